The number of rotatable bonds is 4. The third-order valence-corrected chi connectivity index (χ3v) is 6.62. The van der Waals surface area contributed by atoms with E-state index in [1.807, 2.05) is 11.7 Å². The minimum Gasteiger partial charge on any atom is -0.378 e. The first-order chi connectivity index (χ1) is 12.7. The third kappa shape index (κ3) is 3.21. The van der Waals surface area contributed by atoms with Gasteiger partial charge in [-0.05, 0) is 32.6 Å². The van der Waals surface area contributed by atoms with Gasteiger partial charge in [-0.25, -0.2) is 9.67 Å². The molecular formula is C19H32N6O. The van der Waals surface area contributed by atoms with Crippen LogP contribution < -0.4 is 10.6 Å². The first kappa shape index (κ1) is 17.8. The predicted octanol–water partition coefficient (Wildman–Crippen LogP) is 1.89. The highest BCUT2D eigenvalue weighted by Gasteiger charge is 2.55. The molecular weight excluding hydrogens is 328 g/mol. The highest BCUT2D eigenvalue weighted by atomic mass is 16.5. The molecule has 3 unspecified atom stereocenters. The van der Waals surface area contributed by atoms with Crippen molar-refractivity contribution in [2.45, 2.75) is 83.0 Å². The first-order valence-corrected chi connectivity index (χ1v) is 10.2. The van der Waals surface area contributed by atoms with E-state index in [0.717, 1.165) is 44.2 Å². The third-order valence-electron chi connectivity index (χ3n) is 6.62. The van der Waals surface area contributed by atoms with Crippen molar-refractivity contribution < 1.29 is 4.74 Å². The topological polar surface area (TPSA) is 76.4 Å². The van der Waals surface area contributed by atoms with E-state index in [4.69, 9.17) is 4.74 Å². The highest BCUT2D eigenvalue weighted by Crippen LogP contribution is 2.53. The Labute approximate surface area is 156 Å². The lowest BCUT2D eigenvalue weighted by Crippen LogP contribution is -2.67. The smallest absolute Gasteiger partial charge is 0.191 e. The maximum absolute atomic E-state index is 6.08. The summed E-state index contributed by atoms with van der Waals surface area (Å²) >= 11 is 0. The molecule has 1 aromatic heterocycles. The van der Waals surface area contributed by atoms with Gasteiger partial charge in [-0.15, -0.1) is 0 Å². The highest BCUT2D eigenvalue weighted by molar-refractivity contribution is 5.80. The molecule has 2 fully saturated rings. The monoisotopic (exact) mass is 360 g/mol. The van der Waals surface area contributed by atoms with Crippen LogP contribution >= 0.6 is 0 Å². The summed E-state index contributed by atoms with van der Waals surface area (Å²) in [6.45, 7) is 3.78. The molecule has 3 aliphatic rings. The summed E-state index contributed by atoms with van der Waals surface area (Å²) in [5.41, 5.74) is 0.303. The van der Waals surface area contributed by atoms with Crippen LogP contribution in [0.4, 0.5) is 0 Å². The van der Waals surface area contributed by atoms with Gasteiger partial charge in [-0.2, -0.15) is 5.10 Å². The average Bonchev–Trinajstić information content (AvgIpc) is 3.14. The number of guanidine groups is 1. The van der Waals surface area contributed by atoms with Crippen LogP contribution in [0.2, 0.25) is 0 Å². The summed E-state index contributed by atoms with van der Waals surface area (Å²) in [7, 11) is 1.87. The van der Waals surface area contributed by atoms with Gasteiger partial charge in [-0.1, -0.05) is 19.3 Å². The van der Waals surface area contributed by atoms with E-state index in [0.29, 0.717) is 23.6 Å². The van der Waals surface area contributed by atoms with Crippen LogP contribution in [-0.2, 0) is 17.7 Å². The number of ether oxygens (including phenoxy) is 1. The molecule has 2 saturated carbocycles. The Kier molecular flexibility index (Phi) is 5.16. The van der Waals surface area contributed by atoms with Gasteiger partial charge >= 0.3 is 0 Å². The SMILES string of the molecule is CCOC1CC(NC(=NC)NC2CCc3ncnn3C2)C12CCCCC2. The number of hydrogen-bond acceptors (Lipinski definition) is 4. The maximum atomic E-state index is 6.08. The molecule has 3 atom stereocenters. The molecule has 2 heterocycles. The first-order valence-electron chi connectivity index (χ1n) is 10.2. The van der Waals surface area contributed by atoms with Crippen molar-refractivity contribution in [1.29, 1.82) is 0 Å². The number of fused-ring (bicyclic) bond motifs is 1. The largest absolute Gasteiger partial charge is 0.378 e. The second-order valence-electron chi connectivity index (χ2n) is 7.98. The summed E-state index contributed by atoms with van der Waals surface area (Å²) in [6, 6.07) is 0.816. The Hall–Kier alpha value is -1.63. The van der Waals surface area contributed by atoms with Crippen LogP contribution in [0, 0.1) is 5.41 Å². The van der Waals surface area contributed by atoms with Crippen LogP contribution in [0.25, 0.3) is 0 Å². The molecule has 1 aromatic rings. The fraction of sp³-hybridized carbons (Fsp3) is 0.842. The Bertz CT molecular complexity index is 636. The number of aliphatic imine (C=N–C) groups is 1. The lowest BCUT2D eigenvalue weighted by Gasteiger charge is -2.58. The number of aryl methyl sites for hydroxylation is 1. The molecule has 144 valence electrons. The number of aromatic nitrogens is 3. The molecule has 7 heteroatoms. The quantitative estimate of drug-likeness (QED) is 0.633. The van der Waals surface area contributed by atoms with E-state index in [1.165, 1.54) is 32.1 Å². The average molecular weight is 361 g/mol. The van der Waals surface area contributed by atoms with Gasteiger partial charge in [-0.3, -0.25) is 4.99 Å². The van der Waals surface area contributed by atoms with Crippen molar-refractivity contribution in [2.24, 2.45) is 10.4 Å². The molecule has 0 bridgehead atoms. The van der Waals surface area contributed by atoms with Crippen molar-refractivity contribution in [3.05, 3.63) is 12.2 Å². The predicted molar refractivity (Wildman–Crippen MR) is 101 cm³/mol. The zero-order valence-corrected chi connectivity index (χ0v) is 16.1. The molecule has 2 N–H and O–H groups in total. The van der Waals surface area contributed by atoms with E-state index in [2.05, 4.69) is 32.6 Å². The van der Waals surface area contributed by atoms with Crippen LogP contribution in [0.3, 0.4) is 0 Å². The molecule has 1 spiro atoms. The van der Waals surface area contributed by atoms with E-state index in [-0.39, 0.29) is 0 Å². The van der Waals surface area contributed by atoms with E-state index in [1.54, 1.807) is 6.33 Å². The van der Waals surface area contributed by atoms with Crippen molar-refractivity contribution in [2.75, 3.05) is 13.7 Å². The molecule has 7 nitrogen and oxygen atoms in total. The Morgan fingerprint density at radius 3 is 2.96 bits per heavy atom. The molecule has 0 aromatic carbocycles. The van der Waals surface area contributed by atoms with Crippen LogP contribution in [0.15, 0.2) is 11.3 Å². The van der Waals surface area contributed by atoms with Gasteiger partial charge in [0.15, 0.2) is 5.96 Å². The summed E-state index contributed by atoms with van der Waals surface area (Å²) < 4.78 is 8.08. The van der Waals surface area contributed by atoms with Gasteiger partial charge < -0.3 is 15.4 Å². The Morgan fingerprint density at radius 2 is 2.19 bits per heavy atom. The maximum Gasteiger partial charge on any atom is 0.191 e. The zero-order valence-electron chi connectivity index (χ0n) is 16.1. The normalized spacial score (nSPS) is 30.5. The van der Waals surface area contributed by atoms with Crippen molar-refractivity contribution in [3.63, 3.8) is 0 Å². The second-order valence-corrected chi connectivity index (χ2v) is 7.98. The molecule has 1 aliphatic heterocycles. The Morgan fingerprint density at radius 1 is 1.35 bits per heavy atom. The van der Waals surface area contributed by atoms with Gasteiger partial charge in [0, 0.05) is 37.6 Å². The van der Waals surface area contributed by atoms with Gasteiger partial charge in [0.25, 0.3) is 0 Å². The van der Waals surface area contributed by atoms with Crippen LogP contribution in [0.5, 0.6) is 0 Å². The minimum atomic E-state index is 0.303. The van der Waals surface area contributed by atoms with Crippen molar-refractivity contribution in [1.82, 2.24) is 25.4 Å². The summed E-state index contributed by atoms with van der Waals surface area (Å²) in [4.78, 5) is 8.81. The molecule has 26 heavy (non-hydrogen) atoms. The van der Waals surface area contributed by atoms with Gasteiger partial charge in [0.1, 0.15) is 12.2 Å². The standard InChI is InChI=1S/C19H32N6O/c1-3-26-16-11-15(19(16)9-5-4-6-10-19)24-18(20-2)23-14-7-8-17-21-13-22-25(17)12-14/h13-16H,3-12H2,1-2H3,(H2,20,23,24). The summed E-state index contributed by atoms with van der Waals surface area (Å²) in [5, 5.41) is 11.7. The Balaban J connectivity index is 1.37. The molecule has 0 radical (unpaired) electrons. The van der Waals surface area contributed by atoms with E-state index < -0.39 is 0 Å². The molecule has 2 aliphatic carbocycles. The van der Waals surface area contributed by atoms with Crippen LogP contribution in [0.1, 0.15) is 57.7 Å². The molecule has 0 saturated heterocycles. The second kappa shape index (κ2) is 7.55. The summed E-state index contributed by atoms with van der Waals surface area (Å²) in [5.74, 6) is 2.01. The number of hydrogen-bond donors (Lipinski definition) is 2. The van der Waals surface area contributed by atoms with Gasteiger partial charge in [0.2, 0.25) is 0 Å². The lowest BCUT2D eigenvalue weighted by molar-refractivity contribution is -0.145. The lowest BCUT2D eigenvalue weighted by atomic mass is 9.55. The van der Waals surface area contributed by atoms with Crippen LogP contribution in [-0.4, -0.2) is 52.6 Å². The number of nitrogens with zero attached hydrogens (tertiary/aromatic N) is 4. The van der Waals surface area contributed by atoms with Gasteiger partial charge in [0.05, 0.1) is 12.6 Å². The minimum absolute atomic E-state index is 0.303. The summed E-state index contributed by atoms with van der Waals surface area (Å²) in [6.07, 6.45) is 11.8. The van der Waals surface area contributed by atoms with Crippen molar-refractivity contribution >= 4 is 5.96 Å². The fourth-order valence-electron chi connectivity index (χ4n) is 5.15. The van der Waals surface area contributed by atoms with E-state index in [9.17, 15) is 0 Å². The molecule has 0 amide bonds. The van der Waals surface area contributed by atoms with E-state index >= 15 is 0 Å². The zero-order chi connectivity index (χ0) is 18.0. The molecule has 4 rings (SSSR count). The van der Waals surface area contributed by atoms with Crippen molar-refractivity contribution in [3.8, 4) is 0 Å². The number of nitrogens with one attached hydrogen (secondary N) is 2. The fourth-order valence-corrected chi connectivity index (χ4v) is 5.15.